The molecule has 2 rings (SSSR count). The van der Waals surface area contributed by atoms with E-state index in [1.807, 2.05) is 30.3 Å². The predicted octanol–water partition coefficient (Wildman–Crippen LogP) is 2.50. The van der Waals surface area contributed by atoms with Crippen molar-refractivity contribution >= 4 is 40.1 Å². The second-order valence-electron chi connectivity index (χ2n) is 4.05. The van der Waals surface area contributed by atoms with Crippen LogP contribution in [0.2, 0.25) is 5.02 Å². The molecule has 0 aliphatic carbocycles. The molecule has 0 bridgehead atoms. The third kappa shape index (κ3) is 3.33. The molecule has 104 valence electrons. The number of benzene rings is 2. The summed E-state index contributed by atoms with van der Waals surface area (Å²) in [4.78, 5) is 0. The molecule has 0 atom stereocenters. The molecule has 2 N–H and O–H groups in total. The van der Waals surface area contributed by atoms with Crippen LogP contribution in [0.15, 0.2) is 40.9 Å². The summed E-state index contributed by atoms with van der Waals surface area (Å²) in [5.41, 5.74) is 0.512. The van der Waals surface area contributed by atoms with Gasteiger partial charge in [-0.2, -0.15) is 0 Å². The first kappa shape index (κ1) is 15.3. The standard InChI is InChI=1S/C13H10BBrClFO3/c15-12-9(16)6-10(13(17)11(12)14(18)19)20-7-8-4-2-1-3-5-8/h1-6,18-19H,7H2. The Bertz CT molecular complexity index is 610. The van der Waals surface area contributed by atoms with Crippen LogP contribution in [0.3, 0.4) is 0 Å². The summed E-state index contributed by atoms with van der Waals surface area (Å²) in [5.74, 6) is -0.989. The van der Waals surface area contributed by atoms with Gasteiger partial charge in [0, 0.05) is 16.0 Å². The lowest BCUT2D eigenvalue weighted by Gasteiger charge is -2.13. The summed E-state index contributed by atoms with van der Waals surface area (Å²) < 4.78 is 19.6. The summed E-state index contributed by atoms with van der Waals surface area (Å²) >= 11 is 8.92. The molecule has 0 spiro atoms. The Labute approximate surface area is 129 Å². The van der Waals surface area contributed by atoms with Crippen molar-refractivity contribution < 1.29 is 19.2 Å². The predicted molar refractivity (Wildman–Crippen MR) is 79.7 cm³/mol. The van der Waals surface area contributed by atoms with Gasteiger partial charge in [0.15, 0.2) is 11.6 Å². The molecule has 20 heavy (non-hydrogen) atoms. The van der Waals surface area contributed by atoms with Gasteiger partial charge in [-0.05, 0) is 21.5 Å². The van der Waals surface area contributed by atoms with Gasteiger partial charge in [0.05, 0.1) is 5.02 Å². The monoisotopic (exact) mass is 358 g/mol. The van der Waals surface area contributed by atoms with Gasteiger partial charge in [-0.1, -0.05) is 41.9 Å². The van der Waals surface area contributed by atoms with Crippen LogP contribution >= 0.6 is 27.5 Å². The molecule has 0 saturated carbocycles. The Morgan fingerprint density at radius 1 is 1.25 bits per heavy atom. The second-order valence-corrected chi connectivity index (χ2v) is 5.25. The Morgan fingerprint density at radius 2 is 1.90 bits per heavy atom. The van der Waals surface area contributed by atoms with Crippen molar-refractivity contribution in [1.82, 2.24) is 0 Å². The van der Waals surface area contributed by atoms with Crippen LogP contribution in [-0.4, -0.2) is 17.2 Å². The van der Waals surface area contributed by atoms with Gasteiger partial charge < -0.3 is 14.8 Å². The van der Waals surface area contributed by atoms with Crippen molar-refractivity contribution in [2.45, 2.75) is 6.61 Å². The smallest absolute Gasteiger partial charge is 0.486 e. The highest BCUT2D eigenvalue weighted by atomic mass is 79.9. The highest BCUT2D eigenvalue weighted by Gasteiger charge is 2.25. The van der Waals surface area contributed by atoms with Gasteiger partial charge in [-0.15, -0.1) is 0 Å². The molecule has 2 aromatic rings. The minimum absolute atomic E-state index is 0.0960. The Kier molecular flexibility index (Phi) is 5.04. The minimum Gasteiger partial charge on any atom is -0.486 e. The summed E-state index contributed by atoms with van der Waals surface area (Å²) in [6, 6.07) is 10.5. The van der Waals surface area contributed by atoms with Gasteiger partial charge in [0.2, 0.25) is 0 Å². The second kappa shape index (κ2) is 6.58. The van der Waals surface area contributed by atoms with Crippen LogP contribution < -0.4 is 10.2 Å². The number of hydrogen-bond acceptors (Lipinski definition) is 3. The Morgan fingerprint density at radius 3 is 2.50 bits per heavy atom. The highest BCUT2D eigenvalue weighted by molar-refractivity contribution is 9.10. The third-order valence-electron chi connectivity index (χ3n) is 2.65. The maximum Gasteiger partial charge on any atom is 0.492 e. The van der Waals surface area contributed by atoms with E-state index in [1.54, 1.807) is 0 Å². The maximum atomic E-state index is 14.1. The van der Waals surface area contributed by atoms with Crippen molar-refractivity contribution in [1.29, 1.82) is 0 Å². The largest absolute Gasteiger partial charge is 0.492 e. The molecule has 7 heteroatoms. The zero-order valence-corrected chi connectivity index (χ0v) is 12.5. The average Bonchev–Trinajstić information content (AvgIpc) is 2.42. The minimum atomic E-state index is -1.98. The van der Waals surface area contributed by atoms with E-state index in [4.69, 9.17) is 16.3 Å². The molecule has 0 aliphatic heterocycles. The van der Waals surface area contributed by atoms with Crippen molar-refractivity contribution in [2.24, 2.45) is 0 Å². The van der Waals surface area contributed by atoms with Crippen LogP contribution in [0.25, 0.3) is 0 Å². The fourth-order valence-corrected chi connectivity index (χ4v) is 2.36. The van der Waals surface area contributed by atoms with Gasteiger partial charge in [0.25, 0.3) is 0 Å². The summed E-state index contributed by atoms with van der Waals surface area (Å²) in [6.45, 7) is 0.149. The van der Waals surface area contributed by atoms with E-state index in [-0.39, 0.29) is 27.3 Å². The van der Waals surface area contributed by atoms with Crippen LogP contribution in [0.5, 0.6) is 5.75 Å². The van der Waals surface area contributed by atoms with Gasteiger partial charge in [0.1, 0.15) is 6.61 Å². The lowest BCUT2D eigenvalue weighted by molar-refractivity contribution is 0.290. The quantitative estimate of drug-likeness (QED) is 0.651. The molecule has 0 aliphatic rings. The fourth-order valence-electron chi connectivity index (χ4n) is 1.67. The number of halogens is 3. The molecular weight excluding hydrogens is 349 g/mol. The zero-order valence-electron chi connectivity index (χ0n) is 10.2. The molecule has 0 heterocycles. The Balaban J connectivity index is 2.28. The van der Waals surface area contributed by atoms with Crippen LogP contribution in [-0.2, 0) is 6.61 Å². The maximum absolute atomic E-state index is 14.1. The molecular formula is C13H10BBrClFO3. The first-order valence-corrected chi connectivity index (χ1v) is 6.88. The van der Waals surface area contributed by atoms with E-state index >= 15 is 0 Å². The first-order chi connectivity index (χ1) is 9.50. The molecule has 0 fully saturated rings. The van der Waals surface area contributed by atoms with Crippen molar-refractivity contribution in [3.63, 3.8) is 0 Å². The van der Waals surface area contributed by atoms with E-state index in [9.17, 15) is 14.4 Å². The van der Waals surface area contributed by atoms with Crippen molar-refractivity contribution in [3.05, 3.63) is 57.3 Å². The average molecular weight is 359 g/mol. The van der Waals surface area contributed by atoms with Gasteiger partial charge in [-0.25, -0.2) is 4.39 Å². The fraction of sp³-hybridized carbons (Fsp3) is 0.0769. The lowest BCUT2D eigenvalue weighted by atomic mass is 9.79. The first-order valence-electron chi connectivity index (χ1n) is 5.71. The van der Waals surface area contributed by atoms with Crippen LogP contribution in [0.4, 0.5) is 4.39 Å². The van der Waals surface area contributed by atoms with Crippen LogP contribution in [0.1, 0.15) is 5.56 Å². The molecule has 0 radical (unpaired) electrons. The van der Waals surface area contributed by atoms with E-state index in [0.717, 1.165) is 5.56 Å². The summed E-state index contributed by atoms with van der Waals surface area (Å²) in [6.07, 6.45) is 0. The van der Waals surface area contributed by atoms with Crippen LogP contribution in [0, 0.1) is 5.82 Å². The van der Waals surface area contributed by atoms with E-state index in [0.29, 0.717) is 0 Å². The molecule has 0 amide bonds. The highest BCUT2D eigenvalue weighted by Crippen LogP contribution is 2.29. The summed E-state index contributed by atoms with van der Waals surface area (Å²) in [5, 5.41) is 18.5. The van der Waals surface area contributed by atoms with Crippen molar-refractivity contribution in [2.75, 3.05) is 0 Å². The van der Waals surface area contributed by atoms with E-state index in [2.05, 4.69) is 15.9 Å². The molecule has 0 unspecified atom stereocenters. The van der Waals surface area contributed by atoms with Gasteiger partial charge in [-0.3, -0.25) is 0 Å². The lowest BCUT2D eigenvalue weighted by Crippen LogP contribution is -2.34. The summed E-state index contributed by atoms with van der Waals surface area (Å²) in [7, 11) is -1.98. The normalized spacial score (nSPS) is 10.4. The zero-order chi connectivity index (χ0) is 14.7. The molecule has 3 nitrogen and oxygen atoms in total. The van der Waals surface area contributed by atoms with E-state index < -0.39 is 12.9 Å². The molecule has 2 aromatic carbocycles. The third-order valence-corrected chi connectivity index (χ3v) is 4.03. The van der Waals surface area contributed by atoms with Crippen molar-refractivity contribution in [3.8, 4) is 5.75 Å². The topological polar surface area (TPSA) is 49.7 Å². The number of hydrogen-bond donors (Lipinski definition) is 2. The van der Waals surface area contributed by atoms with E-state index in [1.165, 1.54) is 6.07 Å². The number of ether oxygens (including phenoxy) is 1. The van der Waals surface area contributed by atoms with Gasteiger partial charge >= 0.3 is 7.12 Å². The SMILES string of the molecule is OB(O)c1c(F)c(OCc2ccccc2)cc(Cl)c1Br. The number of rotatable bonds is 4. The molecule has 0 saturated heterocycles. The molecule has 0 aromatic heterocycles. The Hall–Kier alpha value is -1.08.